The molecule has 2 aliphatic heterocycles. The van der Waals surface area contributed by atoms with Gasteiger partial charge in [-0.1, -0.05) is 29.3 Å². The number of carbonyl (C=O) groups is 1. The van der Waals surface area contributed by atoms with E-state index < -0.39 is 0 Å². The molecular weight excluding hydrogens is 343 g/mol. The van der Waals surface area contributed by atoms with Gasteiger partial charge in [-0.3, -0.25) is 9.69 Å². The molecule has 1 saturated carbocycles. The molecule has 3 aliphatic rings. The van der Waals surface area contributed by atoms with Gasteiger partial charge in [0.15, 0.2) is 0 Å². The van der Waals surface area contributed by atoms with Crippen LogP contribution in [-0.2, 0) is 11.2 Å². The Balaban J connectivity index is 1.47. The summed E-state index contributed by atoms with van der Waals surface area (Å²) in [6.07, 6.45) is 6.67. The minimum absolute atomic E-state index is 0.239. The van der Waals surface area contributed by atoms with E-state index in [2.05, 4.69) is 9.80 Å². The molecule has 0 radical (unpaired) electrons. The van der Waals surface area contributed by atoms with Crippen LogP contribution in [-0.4, -0.2) is 47.4 Å². The Morgan fingerprint density at radius 1 is 1.04 bits per heavy atom. The molecule has 1 aromatic rings. The molecule has 2 bridgehead atoms. The predicted octanol–water partition coefficient (Wildman–Crippen LogP) is 4.01. The van der Waals surface area contributed by atoms with Crippen LogP contribution in [0.15, 0.2) is 18.2 Å². The number of fused-ring (bicyclic) bond motifs is 2. The van der Waals surface area contributed by atoms with Crippen molar-refractivity contribution in [3.05, 3.63) is 33.8 Å². The first-order valence-electron chi connectivity index (χ1n) is 9.09. The van der Waals surface area contributed by atoms with Gasteiger partial charge in [0.25, 0.3) is 0 Å². The highest BCUT2D eigenvalue weighted by Gasteiger charge is 2.45. The smallest absolute Gasteiger partial charge is 0.227 e. The van der Waals surface area contributed by atoms with E-state index in [-0.39, 0.29) is 5.91 Å². The van der Waals surface area contributed by atoms with Gasteiger partial charge in [0.05, 0.1) is 16.5 Å². The standard InChI is InChI=1S/C19H24Cl2N2O/c20-15-4-3-13(9-16(15)21)12-19(24)23-8-5-14-10-17(18(23)11-14)22-6-1-2-7-22/h3-4,9,14,17-18H,1-2,5-8,10-12H2/t14-,17+,18-/m0/s1. The summed E-state index contributed by atoms with van der Waals surface area (Å²) >= 11 is 12.1. The summed E-state index contributed by atoms with van der Waals surface area (Å²) in [5.74, 6) is 1.05. The topological polar surface area (TPSA) is 23.6 Å². The van der Waals surface area contributed by atoms with E-state index in [9.17, 15) is 4.79 Å². The van der Waals surface area contributed by atoms with Gasteiger partial charge < -0.3 is 4.90 Å². The monoisotopic (exact) mass is 366 g/mol. The Bertz CT molecular complexity index is 630. The number of likely N-dealkylation sites (tertiary alicyclic amines) is 2. The summed E-state index contributed by atoms with van der Waals surface area (Å²) in [7, 11) is 0. The van der Waals surface area contributed by atoms with Crippen molar-refractivity contribution in [2.45, 2.75) is 50.6 Å². The van der Waals surface area contributed by atoms with Crippen molar-refractivity contribution in [2.24, 2.45) is 5.92 Å². The maximum absolute atomic E-state index is 12.9. The van der Waals surface area contributed by atoms with Crippen molar-refractivity contribution >= 4 is 29.1 Å². The summed E-state index contributed by atoms with van der Waals surface area (Å²) in [5, 5.41) is 1.06. The molecule has 5 heteroatoms. The second-order valence-electron chi connectivity index (χ2n) is 7.52. The highest BCUT2D eigenvalue weighted by Crippen LogP contribution is 2.40. The maximum atomic E-state index is 12.9. The molecule has 2 saturated heterocycles. The number of hydrogen-bond acceptors (Lipinski definition) is 2. The van der Waals surface area contributed by atoms with Crippen molar-refractivity contribution in [1.29, 1.82) is 0 Å². The summed E-state index contributed by atoms with van der Waals surface area (Å²) in [6.45, 7) is 3.34. The largest absolute Gasteiger partial charge is 0.338 e. The first kappa shape index (κ1) is 16.7. The van der Waals surface area contributed by atoms with Gasteiger partial charge >= 0.3 is 0 Å². The Labute approximate surface area is 153 Å². The number of benzene rings is 1. The lowest BCUT2D eigenvalue weighted by molar-refractivity contribution is -0.134. The molecule has 1 aliphatic carbocycles. The molecule has 130 valence electrons. The molecule has 3 atom stereocenters. The zero-order valence-electron chi connectivity index (χ0n) is 13.9. The molecule has 3 nitrogen and oxygen atoms in total. The second kappa shape index (κ2) is 6.86. The number of rotatable bonds is 3. The zero-order valence-corrected chi connectivity index (χ0v) is 15.4. The van der Waals surface area contributed by atoms with Crippen LogP contribution < -0.4 is 0 Å². The van der Waals surface area contributed by atoms with Crippen LogP contribution in [0.5, 0.6) is 0 Å². The molecule has 1 amide bonds. The third-order valence-electron chi connectivity index (χ3n) is 6.04. The minimum Gasteiger partial charge on any atom is -0.338 e. The summed E-state index contributed by atoms with van der Waals surface area (Å²) < 4.78 is 0. The lowest BCUT2D eigenvalue weighted by Gasteiger charge is -2.38. The molecular formula is C19H24Cl2N2O. The van der Waals surface area contributed by atoms with Gasteiger partial charge in [-0.15, -0.1) is 0 Å². The number of halogens is 2. The van der Waals surface area contributed by atoms with Crippen LogP contribution in [0.25, 0.3) is 0 Å². The number of carbonyl (C=O) groups excluding carboxylic acids is 1. The fraction of sp³-hybridized carbons (Fsp3) is 0.632. The summed E-state index contributed by atoms with van der Waals surface area (Å²) in [6, 6.07) is 6.50. The van der Waals surface area contributed by atoms with Gasteiger partial charge in [0.1, 0.15) is 0 Å². The van der Waals surface area contributed by atoms with E-state index in [1.54, 1.807) is 6.07 Å². The van der Waals surface area contributed by atoms with Crippen LogP contribution in [0.3, 0.4) is 0 Å². The van der Waals surface area contributed by atoms with E-state index in [0.717, 1.165) is 24.4 Å². The average molecular weight is 367 g/mol. The first-order chi connectivity index (χ1) is 11.6. The van der Waals surface area contributed by atoms with Crippen LogP contribution in [0.4, 0.5) is 0 Å². The van der Waals surface area contributed by atoms with Crippen molar-refractivity contribution in [2.75, 3.05) is 19.6 Å². The van der Waals surface area contributed by atoms with E-state index in [0.29, 0.717) is 28.5 Å². The first-order valence-corrected chi connectivity index (χ1v) is 9.85. The number of amides is 1. The molecule has 0 spiro atoms. The van der Waals surface area contributed by atoms with E-state index >= 15 is 0 Å². The summed E-state index contributed by atoms with van der Waals surface area (Å²) in [5.41, 5.74) is 0.951. The predicted molar refractivity (Wildman–Crippen MR) is 97.6 cm³/mol. The van der Waals surface area contributed by atoms with Crippen molar-refractivity contribution in [1.82, 2.24) is 9.80 Å². The second-order valence-corrected chi connectivity index (χ2v) is 8.33. The maximum Gasteiger partial charge on any atom is 0.227 e. The van der Waals surface area contributed by atoms with Gasteiger partial charge in [0, 0.05) is 18.6 Å². The van der Waals surface area contributed by atoms with Crippen LogP contribution >= 0.6 is 23.2 Å². The SMILES string of the molecule is O=C(Cc1ccc(Cl)c(Cl)c1)N1CC[C@H]2C[C@@H](N3CCCC3)[C@@H]1C2. The van der Waals surface area contributed by atoms with E-state index in [4.69, 9.17) is 23.2 Å². The lowest BCUT2D eigenvalue weighted by atomic mass is 9.98. The van der Waals surface area contributed by atoms with Crippen LogP contribution in [0, 0.1) is 5.92 Å². The number of hydrogen-bond donors (Lipinski definition) is 0. The minimum atomic E-state index is 0.239. The molecule has 3 fully saturated rings. The van der Waals surface area contributed by atoms with Crippen molar-refractivity contribution in [3.8, 4) is 0 Å². The van der Waals surface area contributed by atoms with Gasteiger partial charge in [-0.05, 0) is 68.8 Å². The average Bonchev–Trinajstić information content (AvgIpc) is 3.19. The lowest BCUT2D eigenvalue weighted by Crippen LogP contribution is -2.51. The molecule has 0 N–H and O–H groups in total. The Morgan fingerprint density at radius 2 is 1.79 bits per heavy atom. The Kier molecular flexibility index (Phi) is 4.77. The Morgan fingerprint density at radius 3 is 2.54 bits per heavy atom. The normalized spacial score (nSPS) is 30.1. The highest BCUT2D eigenvalue weighted by atomic mass is 35.5. The molecule has 2 heterocycles. The van der Waals surface area contributed by atoms with Gasteiger partial charge in [-0.25, -0.2) is 0 Å². The fourth-order valence-electron chi connectivity index (χ4n) is 4.85. The third-order valence-corrected chi connectivity index (χ3v) is 6.78. The van der Waals surface area contributed by atoms with Gasteiger partial charge in [0.2, 0.25) is 5.91 Å². The number of piperidine rings is 1. The molecule has 0 aromatic heterocycles. The van der Waals surface area contributed by atoms with Crippen LogP contribution in [0.2, 0.25) is 10.0 Å². The van der Waals surface area contributed by atoms with E-state index in [1.165, 1.54) is 38.8 Å². The quantitative estimate of drug-likeness (QED) is 0.806. The molecule has 4 rings (SSSR count). The fourth-order valence-corrected chi connectivity index (χ4v) is 5.17. The molecule has 0 unspecified atom stereocenters. The highest BCUT2D eigenvalue weighted by molar-refractivity contribution is 6.42. The number of nitrogens with zero attached hydrogens (tertiary/aromatic N) is 2. The Hall–Kier alpha value is -0.770. The third kappa shape index (κ3) is 3.18. The van der Waals surface area contributed by atoms with Crippen LogP contribution in [0.1, 0.15) is 37.7 Å². The van der Waals surface area contributed by atoms with Crippen molar-refractivity contribution < 1.29 is 4.79 Å². The molecule has 24 heavy (non-hydrogen) atoms. The summed E-state index contributed by atoms with van der Waals surface area (Å²) in [4.78, 5) is 17.7. The zero-order chi connectivity index (χ0) is 16.7. The van der Waals surface area contributed by atoms with Gasteiger partial charge in [-0.2, -0.15) is 0 Å². The van der Waals surface area contributed by atoms with Crippen molar-refractivity contribution in [3.63, 3.8) is 0 Å². The van der Waals surface area contributed by atoms with E-state index in [1.807, 2.05) is 12.1 Å². The molecule has 1 aromatic carbocycles.